The maximum atomic E-state index is 14.6. The van der Waals surface area contributed by atoms with Crippen molar-refractivity contribution >= 4 is 33.0 Å². The Kier molecular flexibility index (Phi) is 6.74. The minimum Gasteiger partial charge on any atom is -0.490 e. The number of sulfonamides is 1. The zero-order valence-electron chi connectivity index (χ0n) is 19.8. The Morgan fingerprint density at radius 2 is 2.00 bits per heavy atom. The lowest BCUT2D eigenvalue weighted by atomic mass is 10.1. The Morgan fingerprint density at radius 3 is 2.69 bits per heavy atom. The van der Waals surface area contributed by atoms with Crippen molar-refractivity contribution in [1.29, 1.82) is 0 Å². The van der Waals surface area contributed by atoms with Gasteiger partial charge in [-0.3, -0.25) is 9.20 Å². The predicted octanol–water partition coefficient (Wildman–Crippen LogP) is 3.88. The number of amides is 1. The number of nitrogens with zero attached hydrogens (tertiary/aromatic N) is 3. The Morgan fingerprint density at radius 1 is 1.25 bits per heavy atom. The molecule has 0 saturated heterocycles. The molecule has 8 nitrogen and oxygen atoms in total. The SMILES string of the molecule is CC(C)(C)S(=O)(=O)NC(=O)c1cnc2ccc(N3C[C@@H](F)C=C3c3cc(F)ccc3OCCF)cn12. The van der Waals surface area contributed by atoms with E-state index in [1.54, 1.807) is 17.0 Å². The van der Waals surface area contributed by atoms with Crippen LogP contribution in [0.15, 0.2) is 48.8 Å². The highest BCUT2D eigenvalue weighted by Crippen LogP contribution is 2.37. The van der Waals surface area contributed by atoms with Gasteiger partial charge in [-0.2, -0.15) is 0 Å². The first-order valence-electron chi connectivity index (χ1n) is 11.1. The minimum atomic E-state index is -3.97. The van der Waals surface area contributed by atoms with Crippen molar-refractivity contribution in [3.8, 4) is 5.75 Å². The number of aromatic nitrogens is 2. The van der Waals surface area contributed by atoms with E-state index in [1.807, 2.05) is 0 Å². The van der Waals surface area contributed by atoms with E-state index in [9.17, 15) is 26.4 Å². The van der Waals surface area contributed by atoms with E-state index >= 15 is 0 Å². The Labute approximate surface area is 206 Å². The molecule has 0 radical (unpaired) electrons. The molecule has 1 aromatic carbocycles. The molecule has 0 aliphatic carbocycles. The number of benzene rings is 1. The largest absolute Gasteiger partial charge is 0.490 e. The normalized spacial score (nSPS) is 16.3. The van der Waals surface area contributed by atoms with E-state index in [-0.39, 0.29) is 30.2 Å². The second-order valence-electron chi connectivity index (χ2n) is 9.16. The molecule has 1 atom stereocenters. The average molecular weight is 523 g/mol. The number of halogens is 3. The molecular formula is C24H25F3N4O4S. The molecule has 3 aromatic rings. The van der Waals surface area contributed by atoms with Crippen molar-refractivity contribution in [2.24, 2.45) is 0 Å². The van der Waals surface area contributed by atoms with Gasteiger partial charge in [-0.1, -0.05) is 0 Å². The van der Waals surface area contributed by atoms with Crippen LogP contribution in [0.4, 0.5) is 18.9 Å². The van der Waals surface area contributed by atoms with Gasteiger partial charge in [0.15, 0.2) is 0 Å². The summed E-state index contributed by atoms with van der Waals surface area (Å²) in [5.74, 6) is -1.26. The minimum absolute atomic E-state index is 0.0427. The van der Waals surface area contributed by atoms with Gasteiger partial charge in [-0.25, -0.2) is 31.3 Å². The second-order valence-corrected chi connectivity index (χ2v) is 11.6. The number of alkyl halides is 2. The monoisotopic (exact) mass is 522 g/mol. The molecule has 1 amide bonds. The van der Waals surface area contributed by atoms with Crippen molar-refractivity contribution < 1.29 is 31.1 Å². The lowest BCUT2D eigenvalue weighted by Crippen LogP contribution is -2.42. The molecule has 2 aromatic heterocycles. The number of imidazole rings is 1. The van der Waals surface area contributed by atoms with Gasteiger partial charge in [0.25, 0.3) is 5.91 Å². The molecule has 0 saturated carbocycles. The number of carbonyl (C=O) groups is 1. The molecule has 1 N–H and O–H groups in total. The van der Waals surface area contributed by atoms with Crippen molar-refractivity contribution in [1.82, 2.24) is 14.1 Å². The zero-order valence-corrected chi connectivity index (χ0v) is 20.7. The Balaban J connectivity index is 1.73. The summed E-state index contributed by atoms with van der Waals surface area (Å²) in [6.07, 6.45) is 2.66. The van der Waals surface area contributed by atoms with Crippen LogP contribution < -0.4 is 14.4 Å². The first-order valence-corrected chi connectivity index (χ1v) is 12.6. The van der Waals surface area contributed by atoms with E-state index in [2.05, 4.69) is 9.71 Å². The van der Waals surface area contributed by atoms with Gasteiger partial charge in [0.1, 0.15) is 42.4 Å². The molecule has 36 heavy (non-hydrogen) atoms. The van der Waals surface area contributed by atoms with Crippen molar-refractivity contribution in [2.75, 3.05) is 24.7 Å². The number of hydrogen-bond donors (Lipinski definition) is 1. The lowest BCUT2D eigenvalue weighted by molar-refractivity contribution is 0.0975. The molecule has 0 bridgehead atoms. The number of ether oxygens (including phenoxy) is 1. The molecule has 0 unspecified atom stereocenters. The lowest BCUT2D eigenvalue weighted by Gasteiger charge is -2.24. The summed E-state index contributed by atoms with van der Waals surface area (Å²) >= 11 is 0. The average Bonchev–Trinajstić information content (AvgIpc) is 3.40. The van der Waals surface area contributed by atoms with Crippen LogP contribution >= 0.6 is 0 Å². The van der Waals surface area contributed by atoms with Gasteiger partial charge in [0.05, 0.1) is 28.9 Å². The summed E-state index contributed by atoms with van der Waals surface area (Å²) in [6.45, 7) is 3.28. The third kappa shape index (κ3) is 4.90. The molecule has 192 valence electrons. The van der Waals surface area contributed by atoms with E-state index < -0.39 is 39.3 Å². The van der Waals surface area contributed by atoms with Gasteiger partial charge in [0.2, 0.25) is 10.0 Å². The molecule has 0 fully saturated rings. The predicted molar refractivity (Wildman–Crippen MR) is 129 cm³/mol. The number of nitrogens with one attached hydrogen (secondary N) is 1. The molecule has 1 aliphatic rings. The van der Waals surface area contributed by atoms with Gasteiger partial charge in [-0.15, -0.1) is 0 Å². The van der Waals surface area contributed by atoms with Crippen LogP contribution in [0.2, 0.25) is 0 Å². The van der Waals surface area contributed by atoms with Crippen LogP contribution in [0.3, 0.4) is 0 Å². The molecule has 4 rings (SSSR count). The summed E-state index contributed by atoms with van der Waals surface area (Å²) in [6, 6.07) is 6.92. The van der Waals surface area contributed by atoms with Gasteiger partial charge in [-0.05, 0) is 57.2 Å². The van der Waals surface area contributed by atoms with Crippen LogP contribution in [0.25, 0.3) is 11.3 Å². The summed E-state index contributed by atoms with van der Waals surface area (Å²) in [4.78, 5) is 18.5. The van der Waals surface area contributed by atoms with Crippen molar-refractivity contribution in [2.45, 2.75) is 31.7 Å². The molecular weight excluding hydrogens is 497 g/mol. The summed E-state index contributed by atoms with van der Waals surface area (Å²) in [7, 11) is -3.97. The first kappa shape index (κ1) is 25.5. The van der Waals surface area contributed by atoms with Crippen molar-refractivity contribution in [3.63, 3.8) is 0 Å². The fourth-order valence-electron chi connectivity index (χ4n) is 3.67. The Bertz CT molecular complexity index is 1450. The summed E-state index contributed by atoms with van der Waals surface area (Å²) < 4.78 is 73.9. The highest BCUT2D eigenvalue weighted by Gasteiger charge is 2.32. The number of pyridine rings is 1. The maximum Gasteiger partial charge on any atom is 0.283 e. The number of rotatable bonds is 7. The molecule has 1 aliphatic heterocycles. The zero-order chi connectivity index (χ0) is 26.3. The van der Waals surface area contributed by atoms with E-state index in [1.165, 1.54) is 55.8 Å². The second kappa shape index (κ2) is 9.49. The summed E-state index contributed by atoms with van der Waals surface area (Å²) in [5.41, 5.74) is 1.29. The molecule has 12 heteroatoms. The van der Waals surface area contributed by atoms with Crippen LogP contribution in [-0.2, 0) is 10.0 Å². The van der Waals surface area contributed by atoms with Crippen LogP contribution in [0.5, 0.6) is 5.75 Å². The van der Waals surface area contributed by atoms with Crippen LogP contribution in [0.1, 0.15) is 36.8 Å². The third-order valence-electron chi connectivity index (χ3n) is 5.61. The quantitative estimate of drug-likeness (QED) is 0.506. The maximum absolute atomic E-state index is 14.6. The highest BCUT2D eigenvalue weighted by molar-refractivity contribution is 7.91. The van der Waals surface area contributed by atoms with Gasteiger partial charge in [0, 0.05) is 11.8 Å². The number of anilines is 1. The molecule has 0 spiro atoms. The first-order chi connectivity index (χ1) is 16.9. The van der Waals surface area contributed by atoms with Crippen LogP contribution in [0, 0.1) is 5.82 Å². The third-order valence-corrected chi connectivity index (χ3v) is 7.67. The number of hydrogen-bond acceptors (Lipinski definition) is 6. The van der Waals surface area contributed by atoms with Gasteiger partial charge >= 0.3 is 0 Å². The Hall–Kier alpha value is -3.54. The van der Waals surface area contributed by atoms with E-state index in [4.69, 9.17) is 4.74 Å². The fourth-order valence-corrected chi connectivity index (χ4v) is 4.32. The van der Waals surface area contributed by atoms with Gasteiger partial charge < -0.3 is 9.64 Å². The summed E-state index contributed by atoms with van der Waals surface area (Å²) in [5, 5.41) is 0. The topological polar surface area (TPSA) is 93.0 Å². The van der Waals surface area contributed by atoms with E-state index in [0.29, 0.717) is 17.0 Å². The standard InChI is InChI=1S/C24H25F3N4O4S/c1-24(2,3)36(33,34)29-23(32)20-12-28-22-7-5-17(14-31(20)22)30-13-16(27)11-19(30)18-10-15(26)4-6-21(18)35-9-8-25/h4-7,10-12,14,16H,8-9,13H2,1-3H3,(H,29,32)/t16-/m0/s1. The molecule has 3 heterocycles. The smallest absolute Gasteiger partial charge is 0.283 e. The van der Waals surface area contributed by atoms with Crippen LogP contribution in [-0.4, -0.2) is 54.5 Å². The van der Waals surface area contributed by atoms with E-state index in [0.717, 1.165) is 6.07 Å². The number of fused-ring (bicyclic) bond motifs is 1. The van der Waals surface area contributed by atoms with Crippen molar-refractivity contribution in [3.05, 3.63) is 65.9 Å². The fraction of sp³-hybridized carbons (Fsp3) is 0.333. The number of carbonyl (C=O) groups excluding carboxylic acids is 1. The highest BCUT2D eigenvalue weighted by atomic mass is 32.2.